The largest absolute Gasteiger partial charge is 0.332 e. The van der Waals surface area contributed by atoms with Crippen LogP contribution in [0.5, 0.6) is 0 Å². The summed E-state index contributed by atoms with van der Waals surface area (Å²) in [5.74, 6) is 0.0434. The standard InChI is InChI=1S/C21H32N2O3S/c1-3-4-5-8-15(2)14-27(25,26)23-21(24)22-20-18-11-6-9-16(18)13-17-10-7-12-19(17)20/h13,15H,3-12,14H2,1-2H3,(H2,22,23,24). The molecule has 0 radical (unpaired) electrons. The van der Waals surface area contributed by atoms with E-state index in [2.05, 4.69) is 23.0 Å². The van der Waals surface area contributed by atoms with Gasteiger partial charge in [-0.15, -0.1) is 0 Å². The first-order valence-corrected chi connectivity index (χ1v) is 12.0. The van der Waals surface area contributed by atoms with Crippen molar-refractivity contribution >= 4 is 21.7 Å². The highest BCUT2D eigenvalue weighted by atomic mass is 32.2. The molecule has 0 heterocycles. The number of sulfonamides is 1. The molecule has 0 spiro atoms. The Kier molecular flexibility index (Phi) is 6.45. The molecule has 2 amide bonds. The van der Waals surface area contributed by atoms with Crippen molar-refractivity contribution in [1.82, 2.24) is 4.72 Å². The average molecular weight is 393 g/mol. The van der Waals surface area contributed by atoms with E-state index in [0.717, 1.165) is 69.9 Å². The van der Waals surface area contributed by atoms with Crippen molar-refractivity contribution in [3.05, 3.63) is 28.3 Å². The Morgan fingerprint density at radius 1 is 1.07 bits per heavy atom. The third kappa shape index (κ3) is 5.03. The van der Waals surface area contributed by atoms with Gasteiger partial charge in [0.05, 0.1) is 5.75 Å². The molecule has 2 N–H and O–H groups in total. The van der Waals surface area contributed by atoms with Gasteiger partial charge in [0.15, 0.2) is 0 Å². The van der Waals surface area contributed by atoms with E-state index in [4.69, 9.17) is 0 Å². The molecule has 150 valence electrons. The lowest BCUT2D eigenvalue weighted by Crippen LogP contribution is -2.37. The number of amides is 2. The van der Waals surface area contributed by atoms with Crippen LogP contribution in [-0.4, -0.2) is 20.2 Å². The van der Waals surface area contributed by atoms with E-state index in [1.165, 1.54) is 22.3 Å². The van der Waals surface area contributed by atoms with Gasteiger partial charge in [-0.2, -0.15) is 0 Å². The summed E-state index contributed by atoms with van der Waals surface area (Å²) < 4.78 is 27.0. The van der Waals surface area contributed by atoms with Gasteiger partial charge in [-0.25, -0.2) is 17.9 Å². The summed E-state index contributed by atoms with van der Waals surface area (Å²) in [6.45, 7) is 4.06. The minimum Gasteiger partial charge on any atom is -0.307 e. The van der Waals surface area contributed by atoms with E-state index >= 15 is 0 Å². The van der Waals surface area contributed by atoms with Gasteiger partial charge in [0, 0.05) is 5.69 Å². The van der Waals surface area contributed by atoms with Crippen molar-refractivity contribution < 1.29 is 13.2 Å². The molecule has 0 aromatic heterocycles. The van der Waals surface area contributed by atoms with E-state index < -0.39 is 16.1 Å². The Hall–Kier alpha value is -1.56. The topological polar surface area (TPSA) is 75.3 Å². The Morgan fingerprint density at radius 2 is 1.70 bits per heavy atom. The minimum absolute atomic E-state index is 0.00482. The van der Waals surface area contributed by atoms with Crippen LogP contribution in [0.2, 0.25) is 0 Å². The van der Waals surface area contributed by atoms with Crippen LogP contribution in [0, 0.1) is 5.92 Å². The number of anilines is 1. The summed E-state index contributed by atoms with van der Waals surface area (Å²) in [6.07, 6.45) is 10.3. The lowest BCUT2D eigenvalue weighted by molar-refractivity contribution is 0.256. The third-order valence-corrected chi connectivity index (χ3v) is 7.27. The number of nitrogens with one attached hydrogen (secondary N) is 2. The molecule has 1 aromatic carbocycles. The second kappa shape index (κ2) is 8.63. The fourth-order valence-corrected chi connectivity index (χ4v) is 5.82. The second-order valence-electron chi connectivity index (χ2n) is 8.17. The molecule has 3 rings (SSSR count). The molecule has 1 unspecified atom stereocenters. The maximum Gasteiger partial charge on any atom is 0.332 e. The summed E-state index contributed by atoms with van der Waals surface area (Å²) >= 11 is 0. The van der Waals surface area contributed by atoms with E-state index in [-0.39, 0.29) is 11.7 Å². The zero-order valence-corrected chi connectivity index (χ0v) is 17.4. The maximum absolute atomic E-state index is 12.5. The number of urea groups is 1. The fraction of sp³-hybridized carbons (Fsp3) is 0.667. The summed E-state index contributed by atoms with van der Waals surface area (Å²) in [5.41, 5.74) is 5.92. The molecule has 27 heavy (non-hydrogen) atoms. The van der Waals surface area contributed by atoms with Gasteiger partial charge in [0.25, 0.3) is 0 Å². The fourth-order valence-electron chi connectivity index (χ4n) is 4.49. The molecule has 0 saturated heterocycles. The van der Waals surface area contributed by atoms with Crippen LogP contribution in [0.3, 0.4) is 0 Å². The molecule has 1 aromatic rings. The van der Waals surface area contributed by atoms with Gasteiger partial charge < -0.3 is 5.32 Å². The van der Waals surface area contributed by atoms with E-state index in [9.17, 15) is 13.2 Å². The summed E-state index contributed by atoms with van der Waals surface area (Å²) in [5, 5.41) is 2.90. The predicted molar refractivity (Wildman–Crippen MR) is 110 cm³/mol. The summed E-state index contributed by atoms with van der Waals surface area (Å²) in [4.78, 5) is 12.5. The molecule has 5 nitrogen and oxygen atoms in total. The van der Waals surface area contributed by atoms with Crippen molar-refractivity contribution in [2.24, 2.45) is 5.92 Å². The number of fused-ring (bicyclic) bond motifs is 2. The SMILES string of the molecule is CCCCCC(C)CS(=O)(=O)NC(=O)Nc1c2c(cc3c1CCC3)CCC2. The molecule has 0 fully saturated rings. The first-order chi connectivity index (χ1) is 12.9. The van der Waals surface area contributed by atoms with Crippen molar-refractivity contribution in [2.75, 3.05) is 11.1 Å². The highest BCUT2D eigenvalue weighted by Crippen LogP contribution is 2.38. The molecule has 2 aliphatic carbocycles. The summed E-state index contributed by atoms with van der Waals surface area (Å²) in [7, 11) is -3.63. The normalized spacial score (nSPS) is 16.7. The van der Waals surface area contributed by atoms with Crippen molar-refractivity contribution in [3.63, 3.8) is 0 Å². The zero-order valence-electron chi connectivity index (χ0n) is 16.6. The zero-order chi connectivity index (χ0) is 19.4. The molecular weight excluding hydrogens is 360 g/mol. The number of benzene rings is 1. The van der Waals surface area contributed by atoms with Crippen LogP contribution in [0.1, 0.15) is 74.6 Å². The van der Waals surface area contributed by atoms with Gasteiger partial charge in [-0.3, -0.25) is 0 Å². The molecule has 6 heteroatoms. The predicted octanol–water partition coefficient (Wildman–Crippen LogP) is 4.33. The van der Waals surface area contributed by atoms with Gasteiger partial charge in [-0.1, -0.05) is 39.2 Å². The van der Waals surface area contributed by atoms with Crippen molar-refractivity contribution in [2.45, 2.75) is 78.1 Å². The lowest BCUT2D eigenvalue weighted by Gasteiger charge is -2.17. The molecule has 0 saturated carbocycles. The molecule has 1 atom stereocenters. The maximum atomic E-state index is 12.5. The van der Waals surface area contributed by atoms with Crippen LogP contribution in [0.4, 0.5) is 10.5 Å². The third-order valence-electron chi connectivity index (χ3n) is 5.76. The Balaban J connectivity index is 1.65. The molecular formula is C21H32N2O3S. The van der Waals surface area contributed by atoms with Crippen LogP contribution in [0.25, 0.3) is 0 Å². The highest BCUT2D eigenvalue weighted by molar-refractivity contribution is 7.90. The van der Waals surface area contributed by atoms with Crippen LogP contribution >= 0.6 is 0 Å². The quantitative estimate of drug-likeness (QED) is 0.647. The summed E-state index contributed by atoms with van der Waals surface area (Å²) in [6, 6.07) is 1.67. The number of carbonyl (C=O) groups is 1. The van der Waals surface area contributed by atoms with Crippen LogP contribution < -0.4 is 10.0 Å². The van der Waals surface area contributed by atoms with Crippen LogP contribution in [0.15, 0.2) is 6.07 Å². The van der Waals surface area contributed by atoms with Crippen LogP contribution in [-0.2, 0) is 35.7 Å². The van der Waals surface area contributed by atoms with Crippen molar-refractivity contribution in [3.8, 4) is 0 Å². The Morgan fingerprint density at radius 3 is 2.30 bits per heavy atom. The highest BCUT2D eigenvalue weighted by Gasteiger charge is 2.26. The Bertz CT molecular complexity index is 770. The number of hydrogen-bond acceptors (Lipinski definition) is 3. The van der Waals surface area contributed by atoms with Gasteiger partial charge >= 0.3 is 6.03 Å². The van der Waals surface area contributed by atoms with E-state index in [1.54, 1.807) is 0 Å². The Labute approximate surface area is 163 Å². The molecule has 2 aliphatic rings. The monoisotopic (exact) mass is 392 g/mol. The van der Waals surface area contributed by atoms with Gasteiger partial charge in [0.1, 0.15) is 0 Å². The lowest BCUT2D eigenvalue weighted by atomic mass is 9.99. The van der Waals surface area contributed by atoms with E-state index in [1.807, 2.05) is 6.92 Å². The number of unbranched alkanes of at least 4 members (excludes halogenated alkanes) is 2. The number of hydrogen-bond donors (Lipinski definition) is 2. The first-order valence-electron chi connectivity index (χ1n) is 10.4. The number of rotatable bonds is 8. The van der Waals surface area contributed by atoms with Gasteiger partial charge in [-0.05, 0) is 73.1 Å². The minimum atomic E-state index is -3.63. The number of carbonyl (C=O) groups excluding carboxylic acids is 1. The van der Waals surface area contributed by atoms with Gasteiger partial charge in [0.2, 0.25) is 10.0 Å². The first kappa shape index (κ1) is 20.2. The van der Waals surface area contributed by atoms with Crippen molar-refractivity contribution in [1.29, 1.82) is 0 Å². The smallest absolute Gasteiger partial charge is 0.307 e. The number of aryl methyl sites for hydroxylation is 2. The molecule has 0 bridgehead atoms. The average Bonchev–Trinajstić information content (AvgIpc) is 3.22. The molecule has 0 aliphatic heterocycles. The van der Waals surface area contributed by atoms with E-state index in [0.29, 0.717) is 0 Å². The second-order valence-corrected chi connectivity index (χ2v) is 9.94.